The third kappa shape index (κ3) is 4.60. The Morgan fingerprint density at radius 1 is 0.958 bits per heavy atom. The zero-order valence-corrected chi connectivity index (χ0v) is 29.9. The van der Waals surface area contributed by atoms with Crippen molar-refractivity contribution in [3.05, 3.63) is 97.9 Å². The molecule has 0 spiro atoms. The minimum absolute atomic E-state index is 0.119. The molecule has 2 aliphatic heterocycles. The number of nitrogens with zero attached hydrogens (tertiary/aromatic N) is 2. The Hall–Kier alpha value is -3.96. The van der Waals surface area contributed by atoms with Crippen molar-refractivity contribution in [3.8, 4) is 11.5 Å². The van der Waals surface area contributed by atoms with Crippen molar-refractivity contribution in [1.82, 2.24) is 9.91 Å². The van der Waals surface area contributed by atoms with Crippen LogP contribution >= 0.6 is 31.9 Å². The predicted octanol–water partition coefficient (Wildman–Crippen LogP) is 6.63. The second-order valence-electron chi connectivity index (χ2n) is 13.1. The molecule has 2 saturated heterocycles. The molecule has 2 aliphatic carbocycles. The number of aromatic hydroxyl groups is 1. The molecule has 0 aromatic heterocycles. The number of carbonyl (C=O) groups excluding carboxylic acids is 4. The number of anilines is 1. The van der Waals surface area contributed by atoms with Crippen molar-refractivity contribution in [2.24, 2.45) is 23.7 Å². The lowest BCUT2D eigenvalue weighted by atomic mass is 9.49. The number of halogens is 2. The molecule has 7 rings (SSSR count). The van der Waals surface area contributed by atoms with Gasteiger partial charge in [-0.2, -0.15) is 5.01 Å². The number of carbonyl (C=O) groups is 4. The number of rotatable bonds is 7. The van der Waals surface area contributed by atoms with Gasteiger partial charge in [0.05, 0.1) is 40.4 Å². The van der Waals surface area contributed by atoms with Crippen molar-refractivity contribution < 1.29 is 29.0 Å². The molecule has 9 nitrogen and oxygen atoms in total. The molecular weight excluding hydrogens is 742 g/mol. The van der Waals surface area contributed by atoms with Gasteiger partial charge in [0, 0.05) is 16.9 Å². The molecule has 48 heavy (non-hydrogen) atoms. The summed E-state index contributed by atoms with van der Waals surface area (Å²) in [6.45, 7) is 4.23. The third-order valence-corrected chi connectivity index (χ3v) is 12.8. The molecule has 6 atom stereocenters. The van der Waals surface area contributed by atoms with Gasteiger partial charge in [0.25, 0.3) is 11.8 Å². The zero-order chi connectivity index (χ0) is 34.1. The number of aryl methyl sites for hydroxylation is 1. The second kappa shape index (κ2) is 12.2. The van der Waals surface area contributed by atoms with Crippen molar-refractivity contribution in [1.29, 1.82) is 0 Å². The molecule has 4 aliphatic rings. The highest BCUT2D eigenvalue weighted by Crippen LogP contribution is 2.65. The lowest BCUT2D eigenvalue weighted by Crippen LogP contribution is -2.53. The number of ether oxygens (including phenoxy) is 1. The Labute approximate surface area is 295 Å². The topological polar surface area (TPSA) is 116 Å². The van der Waals surface area contributed by atoms with Crippen LogP contribution < -0.4 is 10.2 Å². The third-order valence-electron chi connectivity index (χ3n) is 10.6. The first kappa shape index (κ1) is 32.6. The van der Waals surface area contributed by atoms with Crippen molar-refractivity contribution >= 4 is 61.2 Å². The van der Waals surface area contributed by atoms with Crippen LogP contribution in [0.25, 0.3) is 0 Å². The maximum absolute atomic E-state index is 15.3. The molecule has 2 N–H and O–H groups in total. The average Bonchev–Trinajstić information content (AvgIpc) is 3.46. The van der Waals surface area contributed by atoms with E-state index in [1.165, 1.54) is 12.0 Å². The predicted molar refractivity (Wildman–Crippen MR) is 186 cm³/mol. The highest BCUT2D eigenvalue weighted by molar-refractivity contribution is 9.13. The van der Waals surface area contributed by atoms with Crippen LogP contribution in [-0.2, 0) is 24.6 Å². The Kier molecular flexibility index (Phi) is 8.26. The van der Waals surface area contributed by atoms with Gasteiger partial charge in [-0.05, 0) is 93.3 Å². The van der Waals surface area contributed by atoms with Crippen LogP contribution in [-0.4, -0.2) is 52.3 Å². The summed E-state index contributed by atoms with van der Waals surface area (Å²) in [5, 5.41) is 12.1. The van der Waals surface area contributed by atoms with Crippen molar-refractivity contribution in [3.63, 3.8) is 0 Å². The Morgan fingerprint density at radius 2 is 1.67 bits per heavy atom. The minimum atomic E-state index is -1.44. The maximum Gasteiger partial charge on any atom is 0.260 e. The highest BCUT2D eigenvalue weighted by atomic mass is 79.9. The minimum Gasteiger partial charge on any atom is -0.503 e. The van der Waals surface area contributed by atoms with Gasteiger partial charge in [-0.15, -0.1) is 0 Å². The fourth-order valence-electron chi connectivity index (χ4n) is 8.58. The number of allylic oxidation sites excluding steroid dienone is 2. The molecule has 1 saturated carbocycles. The Bertz CT molecular complexity index is 1880. The van der Waals surface area contributed by atoms with E-state index >= 15 is 4.79 Å². The molecule has 248 valence electrons. The van der Waals surface area contributed by atoms with E-state index in [1.807, 2.05) is 74.5 Å². The average molecular weight is 778 g/mol. The van der Waals surface area contributed by atoms with Crippen LogP contribution in [0.3, 0.4) is 0 Å². The molecule has 0 radical (unpaired) electrons. The monoisotopic (exact) mass is 775 g/mol. The number of likely N-dealkylation sites (tertiary alicyclic amines) is 1. The summed E-state index contributed by atoms with van der Waals surface area (Å²) >= 11 is 7.24. The summed E-state index contributed by atoms with van der Waals surface area (Å²) in [6, 6.07) is 18.5. The normalized spacial score (nSPS) is 27.9. The van der Waals surface area contributed by atoms with Crippen LogP contribution in [0, 0.1) is 30.6 Å². The Balaban J connectivity index is 1.49. The number of hydrazine groups is 1. The van der Waals surface area contributed by atoms with Gasteiger partial charge in [-0.1, -0.05) is 66.6 Å². The lowest BCUT2D eigenvalue weighted by molar-refractivity contribution is -0.141. The molecule has 3 fully saturated rings. The first-order valence-corrected chi connectivity index (χ1v) is 17.7. The number of imide groups is 2. The largest absolute Gasteiger partial charge is 0.503 e. The van der Waals surface area contributed by atoms with Gasteiger partial charge >= 0.3 is 0 Å². The maximum atomic E-state index is 15.3. The standard InChI is InChI=1S/C37H35Br2N3O6/c1-4-16-41-33(44)23-15-14-22-24(28(23)35(41)46)17-26-34(45)42(40-21-12-10-19(2)11-13-21)36(47)37(26,20-8-6-5-7-9-20)29(22)25-18-27(48-3)32(43)31(39)30(25)38/h5-14,18,23-24,26,28-29,40,43H,4,15-17H2,1-3H3/t23-,24+,26-,28-,29+,37+/m0/s1. The number of amides is 4. The van der Waals surface area contributed by atoms with Crippen LogP contribution in [0.15, 0.2) is 81.3 Å². The Morgan fingerprint density at radius 3 is 2.33 bits per heavy atom. The number of nitrogens with one attached hydrogen (secondary N) is 1. The second-order valence-corrected chi connectivity index (χ2v) is 14.7. The van der Waals surface area contributed by atoms with E-state index in [1.54, 1.807) is 6.07 Å². The quantitative estimate of drug-likeness (QED) is 0.205. The van der Waals surface area contributed by atoms with E-state index in [-0.39, 0.29) is 29.7 Å². The van der Waals surface area contributed by atoms with Gasteiger partial charge in [0.1, 0.15) is 0 Å². The smallest absolute Gasteiger partial charge is 0.260 e. The summed E-state index contributed by atoms with van der Waals surface area (Å²) in [4.78, 5) is 59.0. The lowest BCUT2D eigenvalue weighted by Gasteiger charge is -2.51. The van der Waals surface area contributed by atoms with Gasteiger partial charge in [0.2, 0.25) is 11.8 Å². The molecule has 3 aromatic carbocycles. The number of hydrogen-bond donors (Lipinski definition) is 2. The summed E-state index contributed by atoms with van der Waals surface area (Å²) in [5.74, 6) is -4.46. The SMILES string of the molecule is CCCN1C(=O)[C@H]2[C@H](CC=C3[C@H]2C[C@H]2C(=O)N(Nc4ccc(C)cc4)C(=O)[C@@]2(c2ccccc2)[C@H]3c2cc(OC)c(O)c(Br)c2Br)C1=O. The van der Waals surface area contributed by atoms with E-state index in [4.69, 9.17) is 4.74 Å². The summed E-state index contributed by atoms with van der Waals surface area (Å²) in [7, 11) is 1.45. The number of phenolic OH excluding ortho intramolecular Hbond substituents is 1. The molecule has 3 aromatic rings. The van der Waals surface area contributed by atoms with Gasteiger partial charge in [-0.25, -0.2) is 0 Å². The van der Waals surface area contributed by atoms with Crippen LogP contribution in [0.4, 0.5) is 5.69 Å². The summed E-state index contributed by atoms with van der Waals surface area (Å²) in [5.41, 5.74) is 5.39. The summed E-state index contributed by atoms with van der Waals surface area (Å²) in [6.07, 6.45) is 3.22. The van der Waals surface area contributed by atoms with Crippen LogP contribution in [0.5, 0.6) is 11.5 Å². The molecule has 0 unspecified atom stereocenters. The zero-order valence-electron chi connectivity index (χ0n) is 26.7. The van der Waals surface area contributed by atoms with Gasteiger partial charge < -0.3 is 9.84 Å². The fourth-order valence-corrected chi connectivity index (χ4v) is 9.53. The first-order chi connectivity index (χ1) is 23.1. The number of methoxy groups -OCH3 is 1. The summed E-state index contributed by atoms with van der Waals surface area (Å²) < 4.78 is 6.43. The first-order valence-electron chi connectivity index (χ1n) is 16.1. The van der Waals surface area contributed by atoms with Crippen molar-refractivity contribution in [2.75, 3.05) is 19.1 Å². The molecule has 2 heterocycles. The molecular formula is C37H35Br2N3O6. The van der Waals surface area contributed by atoms with E-state index < -0.39 is 46.8 Å². The molecule has 0 bridgehead atoms. The van der Waals surface area contributed by atoms with Gasteiger partial charge in [0.15, 0.2) is 11.5 Å². The van der Waals surface area contributed by atoms with E-state index in [9.17, 15) is 19.5 Å². The van der Waals surface area contributed by atoms with Crippen molar-refractivity contribution in [2.45, 2.75) is 44.4 Å². The number of phenols is 1. The van der Waals surface area contributed by atoms with E-state index in [2.05, 4.69) is 37.3 Å². The number of hydrogen-bond acceptors (Lipinski definition) is 7. The molecule has 4 amide bonds. The number of fused-ring (bicyclic) bond motifs is 4. The highest BCUT2D eigenvalue weighted by Gasteiger charge is 2.70. The number of benzene rings is 3. The van der Waals surface area contributed by atoms with Crippen LogP contribution in [0.2, 0.25) is 0 Å². The van der Waals surface area contributed by atoms with Crippen LogP contribution in [0.1, 0.15) is 48.8 Å². The van der Waals surface area contributed by atoms with Gasteiger partial charge in [-0.3, -0.25) is 29.5 Å². The van der Waals surface area contributed by atoms with E-state index in [0.717, 1.165) is 16.1 Å². The van der Waals surface area contributed by atoms with E-state index in [0.29, 0.717) is 45.1 Å². The fraction of sp³-hybridized carbons (Fsp3) is 0.351. The molecule has 11 heteroatoms.